The predicted octanol–water partition coefficient (Wildman–Crippen LogP) is 0.469. The Balaban J connectivity index is 2.58. The molecule has 0 radical (unpaired) electrons. The number of aromatic amines is 1. The van der Waals surface area contributed by atoms with Crippen LogP contribution in [0.1, 0.15) is 13.8 Å². The van der Waals surface area contributed by atoms with Gasteiger partial charge in [-0.1, -0.05) is 0 Å². The highest BCUT2D eigenvalue weighted by molar-refractivity contribution is 9.10. The monoisotopic (exact) mass is 288 g/mol. The average Bonchev–Trinajstić information content (AvgIpc) is 2.19. The number of amides is 1. The molecule has 0 fully saturated rings. The molecular weight excluding hydrogens is 276 g/mol. The predicted molar refractivity (Wildman–Crippen MR) is 64.3 cm³/mol. The molecular formula is C9H13BrN4O2. The van der Waals surface area contributed by atoms with Gasteiger partial charge in [0.05, 0.1) is 12.9 Å². The summed E-state index contributed by atoms with van der Waals surface area (Å²) in [5, 5.41) is 5.49. The van der Waals surface area contributed by atoms with E-state index >= 15 is 0 Å². The van der Waals surface area contributed by atoms with E-state index in [-0.39, 0.29) is 28.5 Å². The first-order valence-corrected chi connectivity index (χ1v) is 5.56. The van der Waals surface area contributed by atoms with Crippen LogP contribution in [-0.4, -0.2) is 28.5 Å². The third-order valence-electron chi connectivity index (χ3n) is 1.66. The summed E-state index contributed by atoms with van der Waals surface area (Å²) in [5.74, 6) is 0.201. The lowest BCUT2D eigenvalue weighted by Crippen LogP contribution is -2.35. The third-order valence-corrected chi connectivity index (χ3v) is 2.40. The van der Waals surface area contributed by atoms with Gasteiger partial charge in [0.2, 0.25) is 5.91 Å². The van der Waals surface area contributed by atoms with Crippen molar-refractivity contribution in [3.8, 4) is 0 Å². The molecule has 0 spiro atoms. The maximum atomic E-state index is 11.3. The number of nitrogens with zero attached hydrogens (tertiary/aromatic N) is 1. The zero-order valence-electron chi connectivity index (χ0n) is 9.00. The molecule has 0 bridgehead atoms. The van der Waals surface area contributed by atoms with Crippen molar-refractivity contribution in [2.45, 2.75) is 19.9 Å². The number of aromatic nitrogens is 2. The summed E-state index contributed by atoms with van der Waals surface area (Å²) in [6.45, 7) is 3.83. The van der Waals surface area contributed by atoms with Gasteiger partial charge < -0.3 is 15.6 Å². The number of anilines is 1. The lowest BCUT2D eigenvalue weighted by molar-refractivity contribution is -0.119. The molecule has 0 unspecified atom stereocenters. The molecule has 0 aliphatic carbocycles. The number of rotatable bonds is 4. The van der Waals surface area contributed by atoms with Gasteiger partial charge in [0.25, 0.3) is 5.56 Å². The Hall–Kier alpha value is -1.37. The topological polar surface area (TPSA) is 86.9 Å². The van der Waals surface area contributed by atoms with E-state index < -0.39 is 0 Å². The number of hydrogen-bond acceptors (Lipinski definition) is 4. The first kappa shape index (κ1) is 12.7. The summed E-state index contributed by atoms with van der Waals surface area (Å²) in [5.41, 5.74) is -0.290. The number of H-pyrrole nitrogens is 1. The van der Waals surface area contributed by atoms with Gasteiger partial charge in [-0.15, -0.1) is 0 Å². The second-order valence-corrected chi connectivity index (χ2v) is 4.26. The number of carbonyl (C=O) groups excluding carboxylic acids is 1. The summed E-state index contributed by atoms with van der Waals surface area (Å²) in [7, 11) is 0. The van der Waals surface area contributed by atoms with Gasteiger partial charge in [-0.3, -0.25) is 9.59 Å². The van der Waals surface area contributed by atoms with Crippen molar-refractivity contribution < 1.29 is 4.79 Å². The second kappa shape index (κ2) is 5.64. The molecule has 0 saturated carbocycles. The van der Waals surface area contributed by atoms with E-state index in [2.05, 4.69) is 36.5 Å². The summed E-state index contributed by atoms with van der Waals surface area (Å²) in [4.78, 5) is 28.8. The Labute approximate surface area is 101 Å². The molecule has 1 amide bonds. The van der Waals surface area contributed by atoms with E-state index in [4.69, 9.17) is 0 Å². The van der Waals surface area contributed by atoms with Crippen LogP contribution in [0.2, 0.25) is 0 Å². The van der Waals surface area contributed by atoms with Crippen molar-refractivity contribution in [1.29, 1.82) is 0 Å². The van der Waals surface area contributed by atoms with Crippen LogP contribution in [0.3, 0.4) is 0 Å². The van der Waals surface area contributed by atoms with Crippen molar-refractivity contribution in [3.05, 3.63) is 21.2 Å². The highest BCUT2D eigenvalue weighted by Crippen LogP contribution is 2.12. The van der Waals surface area contributed by atoms with E-state index in [1.807, 2.05) is 13.8 Å². The lowest BCUT2D eigenvalue weighted by Gasteiger charge is -2.09. The minimum atomic E-state index is -0.290. The second-order valence-electron chi connectivity index (χ2n) is 3.47. The van der Waals surface area contributed by atoms with Crippen LogP contribution in [0.25, 0.3) is 0 Å². The minimum absolute atomic E-state index is 0.0766. The van der Waals surface area contributed by atoms with Gasteiger partial charge in [-0.25, -0.2) is 4.98 Å². The van der Waals surface area contributed by atoms with Gasteiger partial charge in [0.15, 0.2) is 0 Å². The molecule has 16 heavy (non-hydrogen) atoms. The Morgan fingerprint density at radius 1 is 1.62 bits per heavy atom. The fourth-order valence-corrected chi connectivity index (χ4v) is 1.40. The molecule has 1 aromatic rings. The Morgan fingerprint density at radius 3 is 2.94 bits per heavy atom. The van der Waals surface area contributed by atoms with Crippen molar-refractivity contribution in [2.24, 2.45) is 0 Å². The van der Waals surface area contributed by atoms with Gasteiger partial charge in [-0.2, -0.15) is 0 Å². The van der Waals surface area contributed by atoms with Crippen molar-refractivity contribution >= 4 is 27.7 Å². The van der Waals surface area contributed by atoms with Crippen molar-refractivity contribution in [3.63, 3.8) is 0 Å². The van der Waals surface area contributed by atoms with Crippen LogP contribution in [0.5, 0.6) is 0 Å². The summed E-state index contributed by atoms with van der Waals surface area (Å²) in [6.07, 6.45) is 1.27. The molecule has 7 heteroatoms. The molecule has 0 saturated heterocycles. The smallest absolute Gasteiger partial charge is 0.267 e. The quantitative estimate of drug-likeness (QED) is 0.752. The first-order chi connectivity index (χ1) is 7.50. The SMILES string of the molecule is CC(C)NC(=O)CNc1nc[nH]c(=O)c1Br. The van der Waals surface area contributed by atoms with E-state index in [1.54, 1.807) is 0 Å². The van der Waals surface area contributed by atoms with E-state index in [9.17, 15) is 9.59 Å². The molecule has 6 nitrogen and oxygen atoms in total. The van der Waals surface area contributed by atoms with Crippen molar-refractivity contribution in [1.82, 2.24) is 15.3 Å². The van der Waals surface area contributed by atoms with Crippen LogP contribution in [0.15, 0.2) is 15.6 Å². The normalized spacial score (nSPS) is 10.2. The maximum Gasteiger partial charge on any atom is 0.267 e. The standard InChI is InChI=1S/C9H13BrN4O2/c1-5(2)14-6(15)3-11-8-7(10)9(16)13-4-12-8/h4-5H,3H2,1-2H3,(H,14,15)(H2,11,12,13,16). The Bertz CT molecular complexity index is 430. The highest BCUT2D eigenvalue weighted by Gasteiger charge is 2.07. The van der Waals surface area contributed by atoms with Crippen LogP contribution >= 0.6 is 15.9 Å². The van der Waals surface area contributed by atoms with E-state index in [1.165, 1.54) is 6.33 Å². The average molecular weight is 289 g/mol. The largest absolute Gasteiger partial charge is 0.360 e. The summed E-state index contributed by atoms with van der Waals surface area (Å²) >= 11 is 3.08. The lowest BCUT2D eigenvalue weighted by atomic mass is 10.4. The Kier molecular flexibility index (Phi) is 4.48. The fourth-order valence-electron chi connectivity index (χ4n) is 1.04. The summed E-state index contributed by atoms with van der Waals surface area (Å²) < 4.78 is 0.285. The summed E-state index contributed by atoms with van der Waals surface area (Å²) in [6, 6.07) is 0.0878. The van der Waals surface area contributed by atoms with Gasteiger partial charge in [-0.05, 0) is 29.8 Å². The van der Waals surface area contributed by atoms with Crippen LogP contribution in [0, 0.1) is 0 Å². The van der Waals surface area contributed by atoms with E-state index in [0.717, 1.165) is 0 Å². The molecule has 0 aliphatic heterocycles. The maximum absolute atomic E-state index is 11.3. The van der Waals surface area contributed by atoms with Gasteiger partial charge >= 0.3 is 0 Å². The molecule has 0 aliphatic rings. The highest BCUT2D eigenvalue weighted by atomic mass is 79.9. The molecule has 88 valence electrons. The van der Waals surface area contributed by atoms with E-state index in [0.29, 0.717) is 5.82 Å². The molecule has 3 N–H and O–H groups in total. The van der Waals surface area contributed by atoms with Gasteiger partial charge in [0.1, 0.15) is 10.3 Å². The minimum Gasteiger partial charge on any atom is -0.360 e. The molecule has 1 rings (SSSR count). The Morgan fingerprint density at radius 2 is 2.31 bits per heavy atom. The molecule has 1 aromatic heterocycles. The number of hydrogen-bond donors (Lipinski definition) is 3. The van der Waals surface area contributed by atoms with Gasteiger partial charge in [0, 0.05) is 6.04 Å². The first-order valence-electron chi connectivity index (χ1n) is 4.77. The zero-order chi connectivity index (χ0) is 12.1. The fraction of sp³-hybridized carbons (Fsp3) is 0.444. The molecule has 0 atom stereocenters. The number of carbonyl (C=O) groups is 1. The van der Waals surface area contributed by atoms with Crippen LogP contribution < -0.4 is 16.2 Å². The van der Waals surface area contributed by atoms with Crippen LogP contribution in [-0.2, 0) is 4.79 Å². The third kappa shape index (κ3) is 3.65. The number of halogens is 1. The van der Waals surface area contributed by atoms with Crippen molar-refractivity contribution in [2.75, 3.05) is 11.9 Å². The number of nitrogens with one attached hydrogen (secondary N) is 3. The molecule has 0 aromatic carbocycles. The van der Waals surface area contributed by atoms with Crippen LogP contribution in [0.4, 0.5) is 5.82 Å². The molecule has 1 heterocycles. The zero-order valence-corrected chi connectivity index (χ0v) is 10.6.